The monoisotopic (exact) mass is 464 g/mol. The number of para-hydroxylation sites is 1. The quantitative estimate of drug-likeness (QED) is 0.526. The fraction of sp³-hybridized carbons (Fsp3) is 0.136. The van der Waals surface area contributed by atoms with Crippen molar-refractivity contribution in [2.75, 3.05) is 11.0 Å². The van der Waals surface area contributed by atoms with E-state index in [2.05, 4.69) is 10.0 Å². The second-order valence-corrected chi connectivity index (χ2v) is 8.62. The number of carbonyl (C=O) groups is 1. The number of halogens is 3. The number of anilines is 1. The van der Waals surface area contributed by atoms with Crippen molar-refractivity contribution in [2.45, 2.75) is 12.7 Å². The summed E-state index contributed by atoms with van der Waals surface area (Å²) in [5.41, 5.74) is 0.285. The molecule has 168 valence electrons. The molecule has 0 atom stereocenters. The van der Waals surface area contributed by atoms with E-state index in [-0.39, 0.29) is 23.6 Å². The number of carbonyl (C=O) groups excluding carboxylic acids is 1. The van der Waals surface area contributed by atoms with Crippen molar-refractivity contribution in [1.29, 1.82) is 0 Å². The van der Waals surface area contributed by atoms with Gasteiger partial charge in [0.05, 0.1) is 17.5 Å². The molecule has 3 rings (SSSR count). The molecule has 0 spiro atoms. The van der Waals surface area contributed by atoms with E-state index in [1.165, 1.54) is 36.4 Å². The van der Waals surface area contributed by atoms with Gasteiger partial charge in [0.2, 0.25) is 10.0 Å². The summed E-state index contributed by atoms with van der Waals surface area (Å²) in [5.74, 6) is -0.289. The van der Waals surface area contributed by atoms with Crippen LogP contribution in [0.2, 0.25) is 0 Å². The van der Waals surface area contributed by atoms with Crippen LogP contribution in [0, 0.1) is 0 Å². The molecule has 10 heteroatoms. The van der Waals surface area contributed by atoms with E-state index >= 15 is 0 Å². The summed E-state index contributed by atoms with van der Waals surface area (Å²) in [6, 6.07) is 17.0. The van der Waals surface area contributed by atoms with E-state index in [4.69, 9.17) is 4.74 Å². The third-order valence-electron chi connectivity index (χ3n) is 4.25. The Balaban J connectivity index is 1.70. The number of hydrogen-bond donors (Lipinski definition) is 2. The van der Waals surface area contributed by atoms with Crippen LogP contribution in [0.4, 0.5) is 18.9 Å². The Bertz CT molecular complexity index is 1230. The number of hydrogen-bond acceptors (Lipinski definition) is 4. The number of amides is 1. The number of nitrogens with one attached hydrogen (secondary N) is 2. The van der Waals surface area contributed by atoms with Gasteiger partial charge in [0.25, 0.3) is 5.91 Å². The van der Waals surface area contributed by atoms with E-state index in [0.29, 0.717) is 11.3 Å². The average Bonchev–Trinajstić information content (AvgIpc) is 2.71. The summed E-state index contributed by atoms with van der Waals surface area (Å²) < 4.78 is 69.5. The van der Waals surface area contributed by atoms with Crippen molar-refractivity contribution < 1.29 is 31.1 Å². The van der Waals surface area contributed by atoms with Gasteiger partial charge in [0.15, 0.2) is 0 Å². The van der Waals surface area contributed by atoms with E-state index in [1.54, 1.807) is 24.3 Å². The van der Waals surface area contributed by atoms with Crippen LogP contribution in [-0.4, -0.2) is 20.6 Å². The Kier molecular flexibility index (Phi) is 6.73. The Morgan fingerprint density at radius 1 is 0.938 bits per heavy atom. The largest absolute Gasteiger partial charge is 0.457 e. The topological polar surface area (TPSA) is 84.5 Å². The van der Waals surface area contributed by atoms with Gasteiger partial charge < -0.3 is 10.1 Å². The van der Waals surface area contributed by atoms with E-state index in [9.17, 15) is 26.4 Å². The van der Waals surface area contributed by atoms with Crippen molar-refractivity contribution in [3.8, 4) is 11.5 Å². The average molecular weight is 464 g/mol. The van der Waals surface area contributed by atoms with Crippen LogP contribution in [-0.2, 0) is 22.7 Å². The number of rotatable bonds is 7. The molecule has 0 heterocycles. The lowest BCUT2D eigenvalue weighted by Crippen LogP contribution is -2.23. The molecule has 0 bridgehead atoms. The zero-order valence-electron chi connectivity index (χ0n) is 16.8. The molecule has 0 aliphatic rings. The SMILES string of the molecule is CS(=O)(=O)Nc1ccccc1CNC(=O)c1cccc(Oc2cccc(C(F)(F)F)c2)c1. The van der Waals surface area contributed by atoms with Gasteiger partial charge in [-0.25, -0.2) is 8.42 Å². The first kappa shape index (κ1) is 23.1. The molecule has 3 aromatic carbocycles. The first-order chi connectivity index (χ1) is 15.0. The van der Waals surface area contributed by atoms with E-state index < -0.39 is 27.7 Å². The van der Waals surface area contributed by atoms with Crippen LogP contribution in [0.1, 0.15) is 21.5 Å². The Morgan fingerprint density at radius 2 is 1.59 bits per heavy atom. The van der Waals surface area contributed by atoms with Crippen molar-refractivity contribution in [1.82, 2.24) is 5.32 Å². The van der Waals surface area contributed by atoms with Crippen molar-refractivity contribution >= 4 is 21.6 Å². The zero-order valence-corrected chi connectivity index (χ0v) is 17.6. The van der Waals surface area contributed by atoms with Gasteiger partial charge >= 0.3 is 6.18 Å². The molecule has 6 nitrogen and oxygen atoms in total. The van der Waals surface area contributed by atoms with Crippen molar-refractivity contribution in [3.63, 3.8) is 0 Å². The summed E-state index contributed by atoms with van der Waals surface area (Å²) >= 11 is 0. The van der Waals surface area contributed by atoms with Gasteiger partial charge in [0.1, 0.15) is 11.5 Å². The Labute approximate surface area is 183 Å². The van der Waals surface area contributed by atoms with E-state index in [1.807, 2.05) is 0 Å². The maximum atomic E-state index is 12.9. The minimum Gasteiger partial charge on any atom is -0.457 e. The molecule has 0 saturated heterocycles. The highest BCUT2D eigenvalue weighted by molar-refractivity contribution is 7.92. The number of alkyl halides is 3. The summed E-state index contributed by atoms with van der Waals surface area (Å²) in [6.07, 6.45) is -3.47. The lowest BCUT2D eigenvalue weighted by molar-refractivity contribution is -0.137. The normalized spacial score (nSPS) is 11.6. The maximum Gasteiger partial charge on any atom is 0.416 e. The van der Waals surface area contributed by atoms with Gasteiger partial charge in [-0.15, -0.1) is 0 Å². The molecule has 0 aromatic heterocycles. The molecule has 3 aromatic rings. The maximum absolute atomic E-state index is 12.9. The molecule has 0 aliphatic heterocycles. The Hall–Kier alpha value is -3.53. The zero-order chi connectivity index (χ0) is 23.4. The minimum absolute atomic E-state index is 0.0156. The number of sulfonamides is 1. The predicted molar refractivity (Wildman–Crippen MR) is 114 cm³/mol. The highest BCUT2D eigenvalue weighted by Gasteiger charge is 2.30. The standard InChI is InChI=1S/C22H19F3N2O4S/c1-32(29,30)27-20-11-3-2-6-16(20)14-26-21(28)15-7-4-9-18(12-15)31-19-10-5-8-17(13-19)22(23,24)25/h2-13,27H,14H2,1H3,(H,26,28). The Morgan fingerprint density at radius 3 is 2.28 bits per heavy atom. The summed E-state index contributed by atoms with van der Waals surface area (Å²) in [4.78, 5) is 12.6. The van der Waals surface area contributed by atoms with Crippen LogP contribution >= 0.6 is 0 Å². The third kappa shape index (κ3) is 6.48. The van der Waals surface area contributed by atoms with Crippen molar-refractivity contribution in [2.24, 2.45) is 0 Å². The second kappa shape index (κ2) is 9.31. The lowest BCUT2D eigenvalue weighted by Gasteiger charge is -2.12. The smallest absolute Gasteiger partial charge is 0.416 e. The summed E-state index contributed by atoms with van der Waals surface area (Å²) in [5, 5.41) is 2.68. The van der Waals surface area contributed by atoms with Crippen molar-refractivity contribution in [3.05, 3.63) is 89.5 Å². The second-order valence-electron chi connectivity index (χ2n) is 6.87. The van der Waals surface area contributed by atoms with Gasteiger partial charge in [-0.05, 0) is 48.0 Å². The van der Waals surface area contributed by atoms with Gasteiger partial charge in [-0.1, -0.05) is 30.3 Å². The number of ether oxygens (including phenoxy) is 1. The van der Waals surface area contributed by atoms with Crippen LogP contribution in [0.15, 0.2) is 72.8 Å². The minimum atomic E-state index is -4.50. The highest BCUT2D eigenvalue weighted by atomic mass is 32.2. The molecule has 0 fully saturated rings. The molecular formula is C22H19F3N2O4S. The molecule has 0 radical (unpaired) electrons. The van der Waals surface area contributed by atoms with Gasteiger partial charge in [0, 0.05) is 12.1 Å². The van der Waals surface area contributed by atoms with Crippen LogP contribution < -0.4 is 14.8 Å². The third-order valence-corrected chi connectivity index (χ3v) is 4.84. The fourth-order valence-electron chi connectivity index (χ4n) is 2.82. The number of benzene rings is 3. The molecule has 2 N–H and O–H groups in total. The van der Waals surface area contributed by atoms with E-state index in [0.717, 1.165) is 18.4 Å². The predicted octanol–water partition coefficient (Wildman–Crippen LogP) is 4.80. The van der Waals surface area contributed by atoms with Gasteiger partial charge in [-0.2, -0.15) is 13.2 Å². The fourth-order valence-corrected chi connectivity index (χ4v) is 3.42. The summed E-state index contributed by atoms with van der Waals surface area (Å²) in [6.45, 7) is 0.0518. The molecule has 1 amide bonds. The lowest BCUT2D eigenvalue weighted by atomic mass is 10.1. The molecular weight excluding hydrogens is 445 g/mol. The summed E-state index contributed by atoms with van der Waals surface area (Å²) in [7, 11) is -3.49. The molecule has 32 heavy (non-hydrogen) atoms. The van der Waals surface area contributed by atoms with Gasteiger partial charge in [-0.3, -0.25) is 9.52 Å². The first-order valence-corrected chi connectivity index (χ1v) is 11.2. The van der Waals surface area contributed by atoms with Crippen LogP contribution in [0.5, 0.6) is 11.5 Å². The molecule has 0 saturated carbocycles. The van der Waals surface area contributed by atoms with Crippen LogP contribution in [0.25, 0.3) is 0 Å². The molecule has 0 unspecified atom stereocenters. The molecule has 0 aliphatic carbocycles. The van der Waals surface area contributed by atoms with Crippen LogP contribution in [0.3, 0.4) is 0 Å². The highest BCUT2D eigenvalue weighted by Crippen LogP contribution is 2.32. The first-order valence-electron chi connectivity index (χ1n) is 9.30.